The van der Waals surface area contributed by atoms with Crippen molar-refractivity contribution < 1.29 is 8.83 Å². The monoisotopic (exact) mass is 949 g/mol. The van der Waals surface area contributed by atoms with Crippen molar-refractivity contribution in [1.82, 2.24) is 0 Å². The van der Waals surface area contributed by atoms with Gasteiger partial charge >= 0.3 is 0 Å². The number of para-hydroxylation sites is 4. The molecule has 0 spiro atoms. The molecule has 0 atom stereocenters. The molecule has 0 saturated heterocycles. The molecule has 16 aromatic carbocycles. The zero-order valence-corrected chi connectivity index (χ0v) is 40.3. The lowest BCUT2D eigenvalue weighted by molar-refractivity contribution is 0.668. The van der Waals surface area contributed by atoms with E-state index >= 15 is 0 Å². The van der Waals surface area contributed by atoms with Crippen LogP contribution in [0.1, 0.15) is 0 Å². The van der Waals surface area contributed by atoms with Gasteiger partial charge in [-0.2, -0.15) is 0 Å². The van der Waals surface area contributed by atoms with Crippen LogP contribution in [-0.4, -0.2) is 0 Å². The molecule has 3 nitrogen and oxygen atoms in total. The Hall–Kier alpha value is -9.96. The van der Waals surface area contributed by atoms with Gasteiger partial charge in [0, 0.05) is 43.7 Å². The Balaban J connectivity index is 0.980. The molecule has 18 aromatic rings. The van der Waals surface area contributed by atoms with Gasteiger partial charge in [0.1, 0.15) is 22.3 Å². The van der Waals surface area contributed by atoms with Crippen LogP contribution in [0.2, 0.25) is 0 Å². The molecule has 0 amide bonds. The van der Waals surface area contributed by atoms with Crippen LogP contribution in [0.15, 0.2) is 245 Å². The highest BCUT2D eigenvalue weighted by molar-refractivity contribution is 6.47. The molecule has 344 valence electrons. The van der Waals surface area contributed by atoms with E-state index < -0.39 is 0 Å². The normalized spacial score (nSPS) is 12.5. The summed E-state index contributed by atoms with van der Waals surface area (Å²) in [7, 11) is 0. The second-order valence-electron chi connectivity index (χ2n) is 20.5. The summed E-state index contributed by atoms with van der Waals surface area (Å²) in [6, 6.07) is 87.5. The number of fused-ring (bicyclic) bond motifs is 14. The maximum atomic E-state index is 6.34. The van der Waals surface area contributed by atoms with Crippen LogP contribution in [0.3, 0.4) is 0 Å². The molecule has 0 bridgehead atoms. The molecule has 2 aromatic heterocycles. The van der Waals surface area contributed by atoms with Crippen molar-refractivity contribution in [2.24, 2.45) is 0 Å². The predicted octanol–water partition coefficient (Wildman–Crippen LogP) is 21.0. The summed E-state index contributed by atoms with van der Waals surface area (Å²) in [5.41, 5.74) is 11.9. The Bertz CT molecular complexity index is 5380. The van der Waals surface area contributed by atoms with Crippen molar-refractivity contribution in [3.63, 3.8) is 0 Å². The molecule has 0 saturated carbocycles. The summed E-state index contributed by atoms with van der Waals surface area (Å²) in [4.78, 5) is 2.53. The highest BCUT2D eigenvalue weighted by Gasteiger charge is 2.29. The van der Waals surface area contributed by atoms with Crippen molar-refractivity contribution >= 4 is 158 Å². The minimum atomic E-state index is 0.905. The smallest absolute Gasteiger partial charge is 0.135 e. The van der Waals surface area contributed by atoms with Gasteiger partial charge in [-0.1, -0.05) is 170 Å². The zero-order chi connectivity index (χ0) is 48.6. The minimum Gasteiger partial charge on any atom is -0.456 e. The fourth-order valence-electron chi connectivity index (χ4n) is 13.8. The van der Waals surface area contributed by atoms with E-state index in [1.54, 1.807) is 0 Å². The van der Waals surface area contributed by atoms with Crippen LogP contribution in [0, 0.1) is 0 Å². The van der Waals surface area contributed by atoms with Gasteiger partial charge in [-0.15, -0.1) is 0 Å². The Morgan fingerprint density at radius 1 is 0.227 bits per heavy atom. The maximum Gasteiger partial charge on any atom is 0.135 e. The summed E-state index contributed by atoms with van der Waals surface area (Å²) in [6.45, 7) is 0. The van der Waals surface area contributed by atoms with Crippen LogP contribution in [0.25, 0.3) is 163 Å². The van der Waals surface area contributed by atoms with Gasteiger partial charge in [-0.3, -0.25) is 0 Å². The molecule has 2 heterocycles. The Kier molecular flexibility index (Phi) is 7.60. The number of anilines is 3. The summed E-state index contributed by atoms with van der Waals surface area (Å²) in [5, 5.41) is 27.5. The van der Waals surface area contributed by atoms with Gasteiger partial charge in [0.25, 0.3) is 0 Å². The van der Waals surface area contributed by atoms with E-state index in [2.05, 4.69) is 229 Å². The first-order valence-corrected chi connectivity index (χ1v) is 25.9. The molecular formula is C72H39NO2. The van der Waals surface area contributed by atoms with Gasteiger partial charge in [-0.25, -0.2) is 0 Å². The SMILES string of the molecule is c1ccc(N(c2ccccc2)c2c3c(cc4c5ccc6c7cccc8ccc(-c9ccc%10oc%11ccccc%11c%10c9)c(c9ccc(c24)c5c69)c87)c2ccc(-c4ccc5oc6ccccc6c5c4)c4cccc3c42)cc1. The third kappa shape index (κ3) is 5.18. The van der Waals surface area contributed by atoms with Gasteiger partial charge in [-0.05, 0) is 175 Å². The van der Waals surface area contributed by atoms with Gasteiger partial charge in [0.2, 0.25) is 0 Å². The number of hydrogen-bond acceptors (Lipinski definition) is 3. The molecule has 0 unspecified atom stereocenters. The van der Waals surface area contributed by atoms with E-state index in [1.165, 1.54) is 125 Å². The highest BCUT2D eigenvalue weighted by atomic mass is 16.3. The first kappa shape index (κ1) is 39.6. The number of furan rings is 2. The summed E-state index contributed by atoms with van der Waals surface area (Å²) in [5.74, 6) is 0. The molecule has 0 aliphatic carbocycles. The zero-order valence-electron chi connectivity index (χ0n) is 40.3. The van der Waals surface area contributed by atoms with Crippen molar-refractivity contribution in [2.75, 3.05) is 4.90 Å². The molecule has 0 aliphatic heterocycles. The third-order valence-electron chi connectivity index (χ3n) is 16.9. The number of nitrogens with zero attached hydrogens (tertiary/aromatic N) is 1. The summed E-state index contributed by atoms with van der Waals surface area (Å²) >= 11 is 0. The standard InChI is InChI=1S/C72H39NO2/c1-3-14-43(15-4-1)73(44-16-5-2-6-17-44)72-70-54-22-12-21-49-45(41-26-35-63-57(37-41)47-18-7-9-23-61(47)74-63)29-30-52(66(49)54)59(70)39-60-53-32-31-51-50-20-11-13-40-25-28-46(42-27-36-64-58(38-42)48-19-8-10-24-62(48)75-64)67(65(40)50)55-33-34-56(71(60)72)69(53)68(51)55/h1-39H. The molecule has 3 heteroatoms. The van der Waals surface area contributed by atoms with Crippen LogP contribution in [0.5, 0.6) is 0 Å². The van der Waals surface area contributed by atoms with E-state index in [4.69, 9.17) is 8.83 Å². The quantitative estimate of drug-likeness (QED) is 0.127. The lowest BCUT2D eigenvalue weighted by Crippen LogP contribution is -2.10. The first-order chi connectivity index (χ1) is 37.2. The van der Waals surface area contributed by atoms with Crippen LogP contribution >= 0.6 is 0 Å². The largest absolute Gasteiger partial charge is 0.456 e. The fraction of sp³-hybridized carbons (Fsp3) is 0. The average molecular weight is 950 g/mol. The van der Waals surface area contributed by atoms with E-state index in [1.807, 2.05) is 12.1 Å². The Morgan fingerprint density at radius 3 is 1.35 bits per heavy atom. The van der Waals surface area contributed by atoms with Crippen LogP contribution in [-0.2, 0) is 0 Å². The van der Waals surface area contributed by atoms with E-state index in [0.717, 1.165) is 55.3 Å². The molecule has 18 rings (SSSR count). The second kappa shape index (κ2) is 14.4. The molecule has 0 fully saturated rings. The molecule has 75 heavy (non-hydrogen) atoms. The van der Waals surface area contributed by atoms with Crippen LogP contribution < -0.4 is 4.90 Å². The minimum absolute atomic E-state index is 0.905. The first-order valence-electron chi connectivity index (χ1n) is 25.9. The topological polar surface area (TPSA) is 29.5 Å². The predicted molar refractivity (Wildman–Crippen MR) is 318 cm³/mol. The lowest BCUT2D eigenvalue weighted by atomic mass is 9.85. The van der Waals surface area contributed by atoms with Crippen LogP contribution in [0.4, 0.5) is 17.1 Å². The van der Waals surface area contributed by atoms with Crippen molar-refractivity contribution in [1.29, 1.82) is 0 Å². The van der Waals surface area contributed by atoms with E-state index in [9.17, 15) is 0 Å². The van der Waals surface area contributed by atoms with Gasteiger partial charge in [0.15, 0.2) is 0 Å². The Labute approximate surface area is 428 Å². The fourth-order valence-corrected chi connectivity index (χ4v) is 13.8. The summed E-state index contributed by atoms with van der Waals surface area (Å²) < 4.78 is 12.6. The van der Waals surface area contributed by atoms with E-state index in [-0.39, 0.29) is 0 Å². The summed E-state index contributed by atoms with van der Waals surface area (Å²) in [6.07, 6.45) is 0. The van der Waals surface area contributed by atoms with Crippen molar-refractivity contribution in [2.45, 2.75) is 0 Å². The number of hydrogen-bond donors (Lipinski definition) is 0. The Morgan fingerprint density at radius 2 is 0.680 bits per heavy atom. The molecule has 0 radical (unpaired) electrons. The van der Waals surface area contributed by atoms with Crippen molar-refractivity contribution in [3.05, 3.63) is 237 Å². The highest BCUT2D eigenvalue weighted by Crippen LogP contribution is 2.57. The third-order valence-corrected chi connectivity index (χ3v) is 16.9. The maximum absolute atomic E-state index is 6.34. The van der Waals surface area contributed by atoms with E-state index in [0.29, 0.717) is 0 Å². The number of benzene rings is 14. The molecule has 0 aliphatic rings. The number of rotatable bonds is 5. The van der Waals surface area contributed by atoms with Crippen molar-refractivity contribution in [3.8, 4) is 22.3 Å². The molecule has 0 N–H and O–H groups in total. The lowest BCUT2D eigenvalue weighted by Gasteiger charge is -2.28. The van der Waals surface area contributed by atoms with Gasteiger partial charge in [0.05, 0.1) is 5.69 Å². The average Bonchev–Trinajstić information content (AvgIpc) is 4.24. The molecular weight excluding hydrogens is 911 g/mol. The van der Waals surface area contributed by atoms with Gasteiger partial charge < -0.3 is 13.7 Å². The second-order valence-corrected chi connectivity index (χ2v) is 20.5.